The molecule has 0 bridgehead atoms. The van der Waals surface area contributed by atoms with Crippen LogP contribution in [0.25, 0.3) is 0 Å². The SMILES string of the molecule is N#Cc1ccccc1N=Cc1cccs1. The van der Waals surface area contributed by atoms with Crippen LogP contribution in [-0.4, -0.2) is 6.21 Å². The molecule has 0 aliphatic carbocycles. The second-order valence-electron chi connectivity index (χ2n) is 2.90. The molecule has 0 amide bonds. The van der Waals surface area contributed by atoms with Gasteiger partial charge in [-0.15, -0.1) is 11.3 Å². The predicted molar refractivity (Wildman–Crippen MR) is 62.7 cm³/mol. The Kier molecular flexibility index (Phi) is 2.91. The summed E-state index contributed by atoms with van der Waals surface area (Å²) in [5, 5.41) is 10.9. The minimum Gasteiger partial charge on any atom is -0.254 e. The van der Waals surface area contributed by atoms with Crippen LogP contribution in [0.4, 0.5) is 5.69 Å². The molecule has 0 radical (unpaired) electrons. The van der Waals surface area contributed by atoms with Gasteiger partial charge in [-0.25, -0.2) is 0 Å². The van der Waals surface area contributed by atoms with Gasteiger partial charge in [0.2, 0.25) is 0 Å². The van der Waals surface area contributed by atoms with Crippen LogP contribution in [0.2, 0.25) is 0 Å². The van der Waals surface area contributed by atoms with Crippen LogP contribution in [-0.2, 0) is 0 Å². The zero-order valence-electron chi connectivity index (χ0n) is 7.92. The van der Waals surface area contributed by atoms with Crippen LogP contribution >= 0.6 is 11.3 Å². The summed E-state index contributed by atoms with van der Waals surface area (Å²) >= 11 is 1.62. The van der Waals surface area contributed by atoms with Gasteiger partial charge in [-0.3, -0.25) is 4.99 Å². The molecular weight excluding hydrogens is 204 g/mol. The molecule has 72 valence electrons. The summed E-state index contributed by atoms with van der Waals surface area (Å²) in [5.74, 6) is 0. The monoisotopic (exact) mass is 212 g/mol. The van der Waals surface area contributed by atoms with Crippen molar-refractivity contribution in [2.45, 2.75) is 0 Å². The minimum atomic E-state index is 0.602. The van der Waals surface area contributed by atoms with E-state index in [0.717, 1.165) is 4.88 Å². The normalized spacial score (nSPS) is 10.3. The molecule has 2 rings (SSSR count). The van der Waals surface area contributed by atoms with Crippen molar-refractivity contribution in [2.75, 3.05) is 0 Å². The van der Waals surface area contributed by atoms with Crippen LogP contribution in [0.5, 0.6) is 0 Å². The second-order valence-corrected chi connectivity index (χ2v) is 3.88. The number of rotatable bonds is 2. The second kappa shape index (κ2) is 4.54. The first-order chi connectivity index (χ1) is 7.40. The van der Waals surface area contributed by atoms with Gasteiger partial charge in [0.25, 0.3) is 0 Å². The summed E-state index contributed by atoms with van der Waals surface area (Å²) < 4.78 is 0. The largest absolute Gasteiger partial charge is 0.254 e. The molecule has 0 saturated carbocycles. The summed E-state index contributed by atoms with van der Waals surface area (Å²) in [6.07, 6.45) is 1.78. The van der Waals surface area contributed by atoms with Crippen LogP contribution in [0.15, 0.2) is 46.8 Å². The third-order valence-electron chi connectivity index (χ3n) is 1.90. The van der Waals surface area contributed by atoms with E-state index in [-0.39, 0.29) is 0 Å². The quantitative estimate of drug-likeness (QED) is 0.703. The van der Waals surface area contributed by atoms with E-state index in [1.165, 1.54) is 0 Å². The molecule has 0 unspecified atom stereocenters. The Bertz CT molecular complexity index is 507. The molecular formula is C12H8N2S. The Morgan fingerprint density at radius 3 is 2.80 bits per heavy atom. The summed E-state index contributed by atoms with van der Waals surface area (Å²) in [5.41, 5.74) is 1.32. The molecule has 0 spiro atoms. The van der Waals surface area contributed by atoms with E-state index in [1.54, 1.807) is 23.6 Å². The molecule has 1 aromatic heterocycles. The summed E-state index contributed by atoms with van der Waals surface area (Å²) in [6.45, 7) is 0. The van der Waals surface area contributed by atoms with Gasteiger partial charge in [-0.2, -0.15) is 5.26 Å². The Morgan fingerprint density at radius 2 is 2.07 bits per heavy atom. The molecule has 2 nitrogen and oxygen atoms in total. The third-order valence-corrected chi connectivity index (χ3v) is 2.71. The van der Waals surface area contributed by atoms with Gasteiger partial charge in [-0.1, -0.05) is 18.2 Å². The van der Waals surface area contributed by atoms with E-state index in [0.29, 0.717) is 11.3 Å². The van der Waals surface area contributed by atoms with Crippen LogP contribution in [0.3, 0.4) is 0 Å². The predicted octanol–water partition coefficient (Wildman–Crippen LogP) is 3.37. The lowest BCUT2D eigenvalue weighted by Crippen LogP contribution is -1.76. The highest BCUT2D eigenvalue weighted by Crippen LogP contribution is 2.17. The molecule has 2 aromatic rings. The van der Waals surface area contributed by atoms with Gasteiger partial charge < -0.3 is 0 Å². The number of benzene rings is 1. The first-order valence-electron chi connectivity index (χ1n) is 4.47. The lowest BCUT2D eigenvalue weighted by molar-refractivity contribution is 1.44. The number of aliphatic imine (C=N–C) groups is 1. The van der Waals surface area contributed by atoms with E-state index >= 15 is 0 Å². The van der Waals surface area contributed by atoms with Crippen molar-refractivity contribution < 1.29 is 0 Å². The van der Waals surface area contributed by atoms with Crippen LogP contribution < -0.4 is 0 Å². The minimum absolute atomic E-state index is 0.602. The fourth-order valence-corrected chi connectivity index (χ4v) is 1.76. The van der Waals surface area contributed by atoms with Crippen molar-refractivity contribution in [1.29, 1.82) is 5.26 Å². The van der Waals surface area contributed by atoms with Crippen molar-refractivity contribution in [3.63, 3.8) is 0 Å². The number of nitrogens with zero attached hydrogens (tertiary/aromatic N) is 2. The van der Waals surface area contributed by atoms with Crippen molar-refractivity contribution in [2.24, 2.45) is 4.99 Å². The molecule has 3 heteroatoms. The molecule has 15 heavy (non-hydrogen) atoms. The molecule has 0 aliphatic heterocycles. The standard InChI is InChI=1S/C12H8N2S/c13-8-10-4-1-2-6-12(10)14-9-11-5-3-7-15-11/h1-7,9H. The summed E-state index contributed by atoms with van der Waals surface area (Å²) in [6, 6.07) is 13.4. The van der Waals surface area contributed by atoms with Crippen molar-refractivity contribution >= 4 is 23.2 Å². The Hall–Kier alpha value is -1.92. The number of hydrogen-bond acceptors (Lipinski definition) is 3. The Balaban J connectivity index is 2.29. The lowest BCUT2D eigenvalue weighted by atomic mass is 10.2. The maximum atomic E-state index is 8.85. The summed E-state index contributed by atoms with van der Waals surface area (Å²) in [4.78, 5) is 5.37. The molecule has 0 N–H and O–H groups in total. The average molecular weight is 212 g/mol. The average Bonchev–Trinajstić information content (AvgIpc) is 2.79. The van der Waals surface area contributed by atoms with Crippen molar-refractivity contribution in [3.8, 4) is 6.07 Å². The highest BCUT2D eigenvalue weighted by atomic mass is 32.1. The lowest BCUT2D eigenvalue weighted by Gasteiger charge is -1.94. The van der Waals surface area contributed by atoms with E-state index in [2.05, 4.69) is 11.1 Å². The van der Waals surface area contributed by atoms with Gasteiger partial charge in [0, 0.05) is 11.1 Å². The number of thiophene rings is 1. The first kappa shape index (κ1) is 9.63. The van der Waals surface area contributed by atoms with E-state index < -0.39 is 0 Å². The maximum Gasteiger partial charge on any atom is 0.101 e. The summed E-state index contributed by atoms with van der Waals surface area (Å²) in [7, 11) is 0. The van der Waals surface area contributed by atoms with E-state index in [1.807, 2.05) is 35.7 Å². The smallest absolute Gasteiger partial charge is 0.101 e. The zero-order valence-corrected chi connectivity index (χ0v) is 8.74. The Morgan fingerprint density at radius 1 is 1.20 bits per heavy atom. The molecule has 0 saturated heterocycles. The number of nitriles is 1. The first-order valence-corrected chi connectivity index (χ1v) is 5.35. The fraction of sp³-hybridized carbons (Fsp3) is 0. The molecule has 0 atom stereocenters. The van der Waals surface area contributed by atoms with Crippen LogP contribution in [0.1, 0.15) is 10.4 Å². The van der Waals surface area contributed by atoms with Gasteiger partial charge in [0.1, 0.15) is 6.07 Å². The van der Waals surface area contributed by atoms with Crippen molar-refractivity contribution in [1.82, 2.24) is 0 Å². The van der Waals surface area contributed by atoms with Crippen molar-refractivity contribution in [3.05, 3.63) is 52.2 Å². The number of hydrogen-bond donors (Lipinski definition) is 0. The Labute approximate surface area is 92.1 Å². The van der Waals surface area contributed by atoms with E-state index in [4.69, 9.17) is 5.26 Å². The topological polar surface area (TPSA) is 36.1 Å². The van der Waals surface area contributed by atoms with Crippen LogP contribution in [0, 0.1) is 11.3 Å². The van der Waals surface area contributed by atoms with Gasteiger partial charge >= 0.3 is 0 Å². The number of para-hydroxylation sites is 1. The zero-order chi connectivity index (χ0) is 10.5. The highest BCUT2D eigenvalue weighted by molar-refractivity contribution is 7.11. The molecule has 1 heterocycles. The maximum absolute atomic E-state index is 8.85. The fourth-order valence-electron chi connectivity index (χ4n) is 1.18. The molecule has 0 fully saturated rings. The highest BCUT2D eigenvalue weighted by Gasteiger charge is 1.96. The van der Waals surface area contributed by atoms with E-state index in [9.17, 15) is 0 Å². The van der Waals surface area contributed by atoms with Gasteiger partial charge in [0.15, 0.2) is 0 Å². The van der Waals surface area contributed by atoms with Gasteiger partial charge in [0.05, 0.1) is 11.3 Å². The van der Waals surface area contributed by atoms with Gasteiger partial charge in [-0.05, 0) is 23.6 Å². The molecule has 1 aromatic carbocycles. The molecule has 0 aliphatic rings. The third kappa shape index (κ3) is 2.30.